The number of carboxylic acid groups (broad SMARTS) is 1. The summed E-state index contributed by atoms with van der Waals surface area (Å²) in [5.74, 6) is -0.967. The molecular formula is C25H22N4O4S. The molecule has 4 rings (SSSR count). The Morgan fingerprint density at radius 1 is 1.12 bits per heavy atom. The molecule has 172 valence electrons. The summed E-state index contributed by atoms with van der Waals surface area (Å²) in [4.78, 5) is 11.6. The van der Waals surface area contributed by atoms with Gasteiger partial charge in [0.2, 0.25) is 0 Å². The molecule has 0 spiro atoms. The molecule has 1 aliphatic rings. The minimum absolute atomic E-state index is 0.0827. The highest BCUT2D eigenvalue weighted by molar-refractivity contribution is 7.89. The second kappa shape index (κ2) is 8.36. The molecule has 1 N–H and O–H groups in total. The minimum atomic E-state index is -3.90. The SMILES string of the molecule is Cc1c(CC(=O)O)c2ccc(C#N)cn2c1CC1(C)CC=CN1S(=O)(=O)c1ccc(C#N)cc1. The van der Waals surface area contributed by atoms with Crippen LogP contribution in [0.3, 0.4) is 0 Å². The van der Waals surface area contributed by atoms with Crippen molar-refractivity contribution in [1.29, 1.82) is 10.5 Å². The number of aliphatic carboxylic acids is 1. The topological polar surface area (TPSA) is 127 Å². The van der Waals surface area contributed by atoms with E-state index in [-0.39, 0.29) is 11.3 Å². The Morgan fingerprint density at radius 2 is 1.76 bits per heavy atom. The van der Waals surface area contributed by atoms with Crippen molar-refractivity contribution in [2.24, 2.45) is 0 Å². The van der Waals surface area contributed by atoms with Crippen LogP contribution in [-0.4, -0.2) is 33.7 Å². The molecule has 0 bridgehead atoms. The molecule has 0 aliphatic carbocycles. The number of sulfonamides is 1. The van der Waals surface area contributed by atoms with E-state index in [4.69, 9.17) is 5.26 Å². The highest BCUT2D eigenvalue weighted by Crippen LogP contribution is 2.38. The van der Waals surface area contributed by atoms with Crippen LogP contribution in [0.15, 0.2) is 59.8 Å². The molecule has 0 saturated carbocycles. The van der Waals surface area contributed by atoms with Gasteiger partial charge in [-0.05, 0) is 67.8 Å². The van der Waals surface area contributed by atoms with E-state index in [1.165, 1.54) is 28.6 Å². The predicted octanol–water partition coefficient (Wildman–Crippen LogP) is 3.53. The van der Waals surface area contributed by atoms with Crippen molar-refractivity contribution in [2.45, 2.75) is 43.5 Å². The first-order chi connectivity index (χ1) is 16.1. The summed E-state index contributed by atoms with van der Waals surface area (Å²) < 4.78 is 30.2. The normalized spacial score (nSPS) is 17.6. The summed E-state index contributed by atoms with van der Waals surface area (Å²) in [7, 11) is -3.90. The number of carbonyl (C=O) groups is 1. The zero-order valence-corrected chi connectivity index (χ0v) is 19.5. The summed E-state index contributed by atoms with van der Waals surface area (Å²) >= 11 is 0. The summed E-state index contributed by atoms with van der Waals surface area (Å²) in [6.07, 6.45) is 5.60. The third-order valence-electron chi connectivity index (χ3n) is 6.31. The van der Waals surface area contributed by atoms with Crippen molar-refractivity contribution in [1.82, 2.24) is 8.71 Å². The van der Waals surface area contributed by atoms with Gasteiger partial charge >= 0.3 is 5.97 Å². The van der Waals surface area contributed by atoms with E-state index in [1.807, 2.05) is 24.3 Å². The standard InChI is InChI=1S/C25H22N4O4S/c1-17-21(12-24(30)31)22-9-6-19(15-27)16-28(22)23(17)13-25(2)10-3-11-29(25)34(32,33)20-7-4-18(14-26)5-8-20/h3-9,11,16H,10,12-13H2,1-2H3,(H,30,31). The lowest BCUT2D eigenvalue weighted by molar-refractivity contribution is -0.136. The Balaban J connectivity index is 1.80. The molecule has 0 amide bonds. The Bertz CT molecular complexity index is 1520. The molecular weight excluding hydrogens is 452 g/mol. The van der Waals surface area contributed by atoms with E-state index in [1.54, 1.807) is 30.6 Å². The molecule has 3 aromatic rings. The number of pyridine rings is 1. The molecule has 0 radical (unpaired) electrons. The zero-order chi connectivity index (χ0) is 24.7. The van der Waals surface area contributed by atoms with Crippen LogP contribution in [0.2, 0.25) is 0 Å². The van der Waals surface area contributed by atoms with Gasteiger partial charge in [0.05, 0.1) is 34.1 Å². The van der Waals surface area contributed by atoms with Gasteiger partial charge < -0.3 is 9.51 Å². The first-order valence-electron chi connectivity index (χ1n) is 10.6. The van der Waals surface area contributed by atoms with Gasteiger partial charge in [0, 0.05) is 30.0 Å². The number of benzene rings is 1. The number of hydrogen-bond acceptors (Lipinski definition) is 5. The van der Waals surface area contributed by atoms with Gasteiger partial charge in [0.25, 0.3) is 10.0 Å². The summed E-state index contributed by atoms with van der Waals surface area (Å²) in [5.41, 5.74) is 2.79. The van der Waals surface area contributed by atoms with Gasteiger partial charge in [-0.3, -0.25) is 9.10 Å². The highest BCUT2D eigenvalue weighted by Gasteiger charge is 2.42. The second-order valence-electron chi connectivity index (χ2n) is 8.61. The number of nitrogens with zero attached hydrogens (tertiary/aromatic N) is 4. The lowest BCUT2D eigenvalue weighted by atomic mass is 9.92. The highest BCUT2D eigenvalue weighted by atomic mass is 32.2. The minimum Gasteiger partial charge on any atom is -0.481 e. The molecule has 2 aromatic heterocycles. The van der Waals surface area contributed by atoms with Gasteiger partial charge in [-0.25, -0.2) is 8.42 Å². The van der Waals surface area contributed by atoms with Crippen LogP contribution >= 0.6 is 0 Å². The first kappa shape index (κ1) is 23.1. The molecule has 0 fully saturated rings. The van der Waals surface area contributed by atoms with Crippen molar-refractivity contribution >= 4 is 21.5 Å². The number of carboxylic acids is 1. The Labute approximate surface area is 197 Å². The van der Waals surface area contributed by atoms with Crippen LogP contribution < -0.4 is 0 Å². The average molecular weight is 475 g/mol. The van der Waals surface area contributed by atoms with Gasteiger partial charge in [-0.15, -0.1) is 0 Å². The number of hydrogen-bond donors (Lipinski definition) is 1. The summed E-state index contributed by atoms with van der Waals surface area (Å²) in [6, 6.07) is 13.2. The zero-order valence-electron chi connectivity index (χ0n) is 18.7. The van der Waals surface area contributed by atoms with Gasteiger partial charge in [-0.2, -0.15) is 10.5 Å². The largest absolute Gasteiger partial charge is 0.481 e. The Kier molecular flexibility index (Phi) is 5.68. The maximum Gasteiger partial charge on any atom is 0.307 e. The van der Waals surface area contributed by atoms with E-state index >= 15 is 0 Å². The molecule has 1 aromatic carbocycles. The van der Waals surface area contributed by atoms with Crippen LogP contribution in [0.1, 0.15) is 41.3 Å². The van der Waals surface area contributed by atoms with Gasteiger partial charge in [0.15, 0.2) is 0 Å². The van der Waals surface area contributed by atoms with Crippen LogP contribution in [0.5, 0.6) is 0 Å². The number of rotatable bonds is 6. The van der Waals surface area contributed by atoms with Gasteiger partial charge in [0.1, 0.15) is 6.07 Å². The lowest BCUT2D eigenvalue weighted by Gasteiger charge is -2.36. The third kappa shape index (κ3) is 3.81. The predicted molar refractivity (Wildman–Crippen MR) is 124 cm³/mol. The van der Waals surface area contributed by atoms with E-state index < -0.39 is 21.5 Å². The van der Waals surface area contributed by atoms with Crippen molar-refractivity contribution in [2.75, 3.05) is 0 Å². The van der Waals surface area contributed by atoms with E-state index in [2.05, 4.69) is 6.07 Å². The van der Waals surface area contributed by atoms with Crippen LogP contribution in [0, 0.1) is 29.6 Å². The maximum absolute atomic E-state index is 13.5. The molecule has 1 aliphatic heterocycles. The number of aromatic nitrogens is 1. The molecule has 9 heteroatoms. The maximum atomic E-state index is 13.5. The van der Waals surface area contributed by atoms with Crippen LogP contribution in [0.4, 0.5) is 0 Å². The fraction of sp³-hybridized carbons (Fsp3) is 0.240. The molecule has 3 heterocycles. The Hall–Kier alpha value is -4.08. The van der Waals surface area contributed by atoms with Crippen LogP contribution in [-0.2, 0) is 27.7 Å². The van der Waals surface area contributed by atoms with Crippen LogP contribution in [0.25, 0.3) is 5.52 Å². The average Bonchev–Trinajstić information content (AvgIpc) is 3.32. The number of fused-ring (bicyclic) bond motifs is 1. The van der Waals surface area contributed by atoms with E-state index in [0.29, 0.717) is 35.0 Å². The second-order valence-corrected chi connectivity index (χ2v) is 10.4. The fourth-order valence-electron chi connectivity index (χ4n) is 4.54. The number of nitriles is 2. The molecule has 8 nitrogen and oxygen atoms in total. The van der Waals surface area contributed by atoms with Crippen molar-refractivity contribution < 1.29 is 18.3 Å². The van der Waals surface area contributed by atoms with E-state index in [9.17, 15) is 23.6 Å². The smallest absolute Gasteiger partial charge is 0.307 e. The molecule has 34 heavy (non-hydrogen) atoms. The summed E-state index contributed by atoms with van der Waals surface area (Å²) in [5, 5.41) is 27.8. The molecule has 0 saturated heterocycles. The van der Waals surface area contributed by atoms with E-state index in [0.717, 1.165) is 11.3 Å². The third-order valence-corrected chi connectivity index (χ3v) is 8.26. The van der Waals surface area contributed by atoms with Crippen molar-refractivity contribution in [3.05, 3.63) is 82.8 Å². The summed E-state index contributed by atoms with van der Waals surface area (Å²) in [6.45, 7) is 3.68. The van der Waals surface area contributed by atoms with Crippen molar-refractivity contribution in [3.8, 4) is 12.1 Å². The molecule has 1 unspecified atom stereocenters. The fourth-order valence-corrected chi connectivity index (χ4v) is 6.22. The lowest BCUT2D eigenvalue weighted by Crippen LogP contribution is -2.45. The Morgan fingerprint density at radius 3 is 2.38 bits per heavy atom. The quantitative estimate of drug-likeness (QED) is 0.582. The van der Waals surface area contributed by atoms with Crippen molar-refractivity contribution in [3.63, 3.8) is 0 Å². The first-order valence-corrected chi connectivity index (χ1v) is 12.0. The molecule has 1 atom stereocenters. The van der Waals surface area contributed by atoms with Gasteiger partial charge in [-0.1, -0.05) is 6.08 Å². The monoisotopic (exact) mass is 474 g/mol.